The molecule has 126 valence electrons. The second-order valence-corrected chi connectivity index (χ2v) is 7.20. The maximum absolute atomic E-state index is 12.6. The molecule has 23 heavy (non-hydrogen) atoms. The van der Waals surface area contributed by atoms with Crippen molar-refractivity contribution in [3.63, 3.8) is 0 Å². The number of nitrogens with zero attached hydrogens (tertiary/aromatic N) is 2. The molecule has 2 heterocycles. The van der Waals surface area contributed by atoms with Gasteiger partial charge in [0.15, 0.2) is 0 Å². The zero-order valence-electron chi connectivity index (χ0n) is 14.1. The number of hydrogen-bond donors (Lipinski definition) is 1. The Morgan fingerprint density at radius 3 is 2.78 bits per heavy atom. The number of carbonyl (C=O) groups excluding carboxylic acids is 1. The van der Waals surface area contributed by atoms with Gasteiger partial charge in [0.1, 0.15) is 0 Å². The Bertz CT molecular complexity index is 533. The zero-order chi connectivity index (χ0) is 16.3. The predicted molar refractivity (Wildman–Crippen MR) is 91.1 cm³/mol. The highest BCUT2D eigenvalue weighted by atomic mass is 16.3. The minimum Gasteiger partial charge on any atom is -0.396 e. The van der Waals surface area contributed by atoms with E-state index in [4.69, 9.17) is 0 Å². The third-order valence-electron chi connectivity index (χ3n) is 5.84. The number of aliphatic hydroxyl groups is 1. The van der Waals surface area contributed by atoms with E-state index in [1.165, 1.54) is 5.56 Å². The van der Waals surface area contributed by atoms with Gasteiger partial charge in [0.2, 0.25) is 5.91 Å². The summed E-state index contributed by atoms with van der Waals surface area (Å²) in [5.41, 5.74) is 1.22. The van der Waals surface area contributed by atoms with E-state index in [2.05, 4.69) is 24.1 Å². The minimum atomic E-state index is 0.00318. The summed E-state index contributed by atoms with van der Waals surface area (Å²) in [4.78, 5) is 17.0. The SMILES string of the molecule is CN1CCC[C@]2(CO)CCN(C(=O)CCc3ccccc3)C[C@@H]12. The van der Waals surface area contributed by atoms with Gasteiger partial charge in [0.25, 0.3) is 0 Å². The van der Waals surface area contributed by atoms with E-state index < -0.39 is 0 Å². The molecule has 4 heteroatoms. The van der Waals surface area contributed by atoms with Crippen LogP contribution < -0.4 is 0 Å². The van der Waals surface area contributed by atoms with E-state index in [1.807, 2.05) is 23.1 Å². The fourth-order valence-electron chi connectivity index (χ4n) is 4.30. The molecule has 0 spiro atoms. The molecule has 0 aromatic heterocycles. The van der Waals surface area contributed by atoms with E-state index in [-0.39, 0.29) is 17.9 Å². The molecule has 1 aromatic carbocycles. The molecule has 0 radical (unpaired) electrons. The topological polar surface area (TPSA) is 43.8 Å². The molecule has 1 aromatic rings. The number of fused-ring (bicyclic) bond motifs is 1. The lowest BCUT2D eigenvalue weighted by atomic mass is 9.69. The van der Waals surface area contributed by atoms with E-state index in [0.717, 1.165) is 45.3 Å². The molecule has 0 aliphatic carbocycles. The Kier molecular flexibility index (Phi) is 5.02. The normalized spacial score (nSPS) is 28.4. The van der Waals surface area contributed by atoms with E-state index in [1.54, 1.807) is 0 Å². The van der Waals surface area contributed by atoms with Crippen molar-refractivity contribution in [2.75, 3.05) is 33.3 Å². The Balaban J connectivity index is 1.60. The molecule has 4 nitrogen and oxygen atoms in total. The number of hydrogen-bond acceptors (Lipinski definition) is 3. The number of benzene rings is 1. The summed E-state index contributed by atoms with van der Waals surface area (Å²) in [5.74, 6) is 0.249. The highest BCUT2D eigenvalue weighted by Crippen LogP contribution is 2.41. The molecule has 2 fully saturated rings. The van der Waals surface area contributed by atoms with Crippen molar-refractivity contribution in [1.82, 2.24) is 9.80 Å². The van der Waals surface area contributed by atoms with Gasteiger partial charge in [-0.1, -0.05) is 30.3 Å². The summed E-state index contributed by atoms with van der Waals surface area (Å²) in [5, 5.41) is 9.94. The lowest BCUT2D eigenvalue weighted by Crippen LogP contribution is -2.62. The van der Waals surface area contributed by atoms with Gasteiger partial charge in [-0.15, -0.1) is 0 Å². The van der Waals surface area contributed by atoms with Crippen molar-refractivity contribution in [2.24, 2.45) is 5.41 Å². The van der Waals surface area contributed by atoms with Crippen LogP contribution in [0.15, 0.2) is 30.3 Å². The molecule has 0 unspecified atom stereocenters. The summed E-state index contributed by atoms with van der Waals surface area (Å²) < 4.78 is 0. The van der Waals surface area contributed by atoms with Crippen molar-refractivity contribution < 1.29 is 9.90 Å². The molecular weight excluding hydrogens is 288 g/mol. The molecule has 2 aliphatic heterocycles. The van der Waals surface area contributed by atoms with Gasteiger partial charge in [-0.25, -0.2) is 0 Å². The van der Waals surface area contributed by atoms with Crippen molar-refractivity contribution in [3.05, 3.63) is 35.9 Å². The van der Waals surface area contributed by atoms with Crippen LogP contribution in [0.2, 0.25) is 0 Å². The first-order chi connectivity index (χ1) is 11.1. The maximum Gasteiger partial charge on any atom is 0.222 e. The van der Waals surface area contributed by atoms with E-state index in [9.17, 15) is 9.90 Å². The molecule has 2 atom stereocenters. The van der Waals surface area contributed by atoms with Crippen LogP contribution in [0.1, 0.15) is 31.2 Å². The zero-order valence-corrected chi connectivity index (χ0v) is 14.1. The summed E-state index contributed by atoms with van der Waals surface area (Å²) >= 11 is 0. The summed E-state index contributed by atoms with van der Waals surface area (Å²) in [6.45, 7) is 2.87. The van der Waals surface area contributed by atoms with Gasteiger partial charge in [-0.2, -0.15) is 0 Å². The Morgan fingerprint density at radius 2 is 2.04 bits per heavy atom. The smallest absolute Gasteiger partial charge is 0.222 e. The summed E-state index contributed by atoms with van der Waals surface area (Å²) in [6, 6.07) is 10.5. The third kappa shape index (κ3) is 3.43. The fraction of sp³-hybridized carbons (Fsp3) is 0.632. The number of aliphatic hydroxyl groups excluding tert-OH is 1. The van der Waals surface area contributed by atoms with Crippen molar-refractivity contribution in [1.29, 1.82) is 0 Å². The van der Waals surface area contributed by atoms with Gasteiger partial charge in [0.05, 0.1) is 6.61 Å². The summed E-state index contributed by atoms with van der Waals surface area (Å²) in [7, 11) is 2.13. The van der Waals surface area contributed by atoms with Gasteiger partial charge in [0, 0.05) is 31.0 Å². The van der Waals surface area contributed by atoms with Gasteiger partial charge >= 0.3 is 0 Å². The average Bonchev–Trinajstić information content (AvgIpc) is 2.60. The lowest BCUT2D eigenvalue weighted by molar-refractivity contribution is -0.139. The molecule has 0 saturated carbocycles. The number of aryl methyl sites for hydroxylation is 1. The van der Waals surface area contributed by atoms with Gasteiger partial charge in [-0.3, -0.25) is 4.79 Å². The molecule has 1 N–H and O–H groups in total. The van der Waals surface area contributed by atoms with Gasteiger partial charge in [-0.05, 0) is 44.8 Å². The first-order valence-corrected chi connectivity index (χ1v) is 8.77. The third-order valence-corrected chi connectivity index (χ3v) is 5.84. The number of piperidine rings is 2. The number of likely N-dealkylation sites (N-methyl/N-ethyl adjacent to an activating group) is 1. The molecule has 3 rings (SSSR count). The Labute approximate surface area is 139 Å². The monoisotopic (exact) mass is 316 g/mol. The van der Waals surface area contributed by atoms with Crippen LogP contribution in [0, 0.1) is 5.41 Å². The second kappa shape index (κ2) is 7.02. The second-order valence-electron chi connectivity index (χ2n) is 7.20. The van der Waals surface area contributed by atoms with Crippen molar-refractivity contribution in [2.45, 2.75) is 38.1 Å². The number of likely N-dealkylation sites (tertiary alicyclic amines) is 2. The number of amides is 1. The Hall–Kier alpha value is -1.39. The van der Waals surface area contributed by atoms with Crippen molar-refractivity contribution >= 4 is 5.91 Å². The van der Waals surface area contributed by atoms with Gasteiger partial charge < -0.3 is 14.9 Å². The van der Waals surface area contributed by atoms with Crippen LogP contribution in [0.5, 0.6) is 0 Å². The average molecular weight is 316 g/mol. The highest BCUT2D eigenvalue weighted by Gasteiger charge is 2.47. The molecule has 2 saturated heterocycles. The highest BCUT2D eigenvalue weighted by molar-refractivity contribution is 5.76. The molecule has 2 aliphatic rings. The van der Waals surface area contributed by atoms with Crippen LogP contribution in [-0.2, 0) is 11.2 Å². The van der Waals surface area contributed by atoms with Crippen LogP contribution in [0.3, 0.4) is 0 Å². The van der Waals surface area contributed by atoms with Crippen LogP contribution in [-0.4, -0.2) is 60.1 Å². The molecule has 1 amide bonds. The first-order valence-electron chi connectivity index (χ1n) is 8.77. The quantitative estimate of drug-likeness (QED) is 0.923. The van der Waals surface area contributed by atoms with Crippen LogP contribution >= 0.6 is 0 Å². The fourth-order valence-corrected chi connectivity index (χ4v) is 4.30. The lowest BCUT2D eigenvalue weighted by Gasteiger charge is -2.53. The van der Waals surface area contributed by atoms with E-state index in [0.29, 0.717) is 12.5 Å². The van der Waals surface area contributed by atoms with E-state index >= 15 is 0 Å². The Morgan fingerprint density at radius 1 is 1.26 bits per heavy atom. The first kappa shape index (κ1) is 16.5. The predicted octanol–water partition coefficient (Wildman–Crippen LogP) is 1.92. The maximum atomic E-state index is 12.6. The number of carbonyl (C=O) groups is 1. The standard InChI is InChI=1S/C19H28N2O2/c1-20-12-5-10-19(15-22)11-13-21(14-17(19)20)18(23)9-8-16-6-3-2-4-7-16/h2-4,6-7,17,22H,5,8-15H2,1H3/t17-,19-/m1/s1. The largest absolute Gasteiger partial charge is 0.396 e. The van der Waals surface area contributed by atoms with Crippen molar-refractivity contribution in [3.8, 4) is 0 Å². The minimum absolute atomic E-state index is 0.00318. The molecule has 0 bridgehead atoms. The number of rotatable bonds is 4. The van der Waals surface area contributed by atoms with Crippen LogP contribution in [0.25, 0.3) is 0 Å². The molecular formula is C19H28N2O2. The summed E-state index contributed by atoms with van der Waals surface area (Å²) in [6.07, 6.45) is 4.55. The van der Waals surface area contributed by atoms with Crippen LogP contribution in [0.4, 0.5) is 0 Å².